The number of halogens is 1. The third-order valence-corrected chi connectivity index (χ3v) is 5.08. The third kappa shape index (κ3) is 3.45. The highest BCUT2D eigenvalue weighted by molar-refractivity contribution is 7.10. The van der Waals surface area contributed by atoms with E-state index in [1.807, 2.05) is 29.8 Å². The normalized spacial score (nSPS) is 11.2. The van der Waals surface area contributed by atoms with E-state index in [2.05, 4.69) is 34.8 Å². The number of fused-ring (bicyclic) bond motifs is 1. The average Bonchev–Trinajstić information content (AvgIpc) is 3.42. The lowest BCUT2D eigenvalue weighted by Crippen LogP contribution is -2.00. The molecule has 0 fully saturated rings. The highest BCUT2D eigenvalue weighted by atomic mass is 32.1. The van der Waals surface area contributed by atoms with Crippen LogP contribution in [0.15, 0.2) is 49.1 Å². The molecule has 5 aromatic heterocycles. The highest BCUT2D eigenvalue weighted by Crippen LogP contribution is 2.27. The highest BCUT2D eigenvalue weighted by Gasteiger charge is 2.14. The summed E-state index contributed by atoms with van der Waals surface area (Å²) in [7, 11) is 0. The second kappa shape index (κ2) is 7.06. The van der Waals surface area contributed by atoms with Crippen LogP contribution in [0.1, 0.15) is 17.1 Å². The molecule has 8 nitrogen and oxygen atoms in total. The minimum atomic E-state index is -0.491. The molecule has 144 valence electrons. The fourth-order valence-electron chi connectivity index (χ4n) is 3.10. The molecule has 0 spiro atoms. The number of aromatic amines is 1. The number of hydrogen-bond acceptors (Lipinski definition) is 7. The molecule has 0 aliphatic carbocycles. The van der Waals surface area contributed by atoms with Gasteiger partial charge in [-0.05, 0) is 36.7 Å². The Kier molecular flexibility index (Phi) is 4.24. The van der Waals surface area contributed by atoms with Gasteiger partial charge in [0.05, 0.1) is 29.5 Å². The first-order valence-corrected chi connectivity index (χ1v) is 9.61. The Morgan fingerprint density at radius 3 is 2.97 bits per heavy atom. The summed E-state index contributed by atoms with van der Waals surface area (Å²) in [6, 6.07) is 6.67. The Morgan fingerprint density at radius 1 is 1.21 bits per heavy atom. The summed E-state index contributed by atoms with van der Waals surface area (Å²) in [4.78, 5) is 13.0. The zero-order chi connectivity index (χ0) is 19.8. The van der Waals surface area contributed by atoms with Crippen molar-refractivity contribution in [2.75, 3.05) is 5.32 Å². The first kappa shape index (κ1) is 17.4. The SMILES string of the molecule is Cc1cn2c(-c3cn[nH]c3)cnc2c(Nc2cc(Cc3cccc(F)n3)ns2)n1. The molecule has 29 heavy (non-hydrogen) atoms. The van der Waals surface area contributed by atoms with Gasteiger partial charge < -0.3 is 5.32 Å². The van der Waals surface area contributed by atoms with Gasteiger partial charge in [0.2, 0.25) is 5.95 Å². The fourth-order valence-corrected chi connectivity index (χ4v) is 3.77. The van der Waals surface area contributed by atoms with Crippen LogP contribution in [-0.2, 0) is 6.42 Å². The summed E-state index contributed by atoms with van der Waals surface area (Å²) in [6.45, 7) is 1.93. The maximum Gasteiger partial charge on any atom is 0.213 e. The van der Waals surface area contributed by atoms with Gasteiger partial charge in [0.1, 0.15) is 5.00 Å². The van der Waals surface area contributed by atoms with Crippen molar-refractivity contribution in [3.63, 3.8) is 0 Å². The molecule has 5 heterocycles. The Hall–Kier alpha value is -3.66. The van der Waals surface area contributed by atoms with Crippen molar-refractivity contribution in [1.82, 2.24) is 33.9 Å². The smallest absolute Gasteiger partial charge is 0.213 e. The van der Waals surface area contributed by atoms with Gasteiger partial charge in [-0.1, -0.05) is 6.07 Å². The van der Waals surface area contributed by atoms with Crippen LogP contribution < -0.4 is 5.32 Å². The van der Waals surface area contributed by atoms with Gasteiger partial charge in [0.15, 0.2) is 11.5 Å². The molecule has 0 unspecified atom stereocenters. The number of nitrogens with one attached hydrogen (secondary N) is 2. The van der Waals surface area contributed by atoms with Crippen molar-refractivity contribution in [2.24, 2.45) is 0 Å². The molecule has 0 atom stereocenters. The van der Waals surface area contributed by atoms with E-state index in [-0.39, 0.29) is 0 Å². The van der Waals surface area contributed by atoms with Gasteiger partial charge in [-0.25, -0.2) is 15.0 Å². The van der Waals surface area contributed by atoms with Crippen LogP contribution in [0.2, 0.25) is 0 Å². The first-order valence-electron chi connectivity index (χ1n) is 8.83. The molecule has 5 aromatic rings. The average molecular weight is 406 g/mol. The molecule has 0 aromatic carbocycles. The monoisotopic (exact) mass is 406 g/mol. The number of aryl methyl sites for hydroxylation is 1. The molecule has 0 saturated carbocycles. The largest absolute Gasteiger partial charge is 0.328 e. The zero-order valence-corrected chi connectivity index (χ0v) is 16.1. The summed E-state index contributed by atoms with van der Waals surface area (Å²) >= 11 is 1.31. The number of anilines is 2. The maximum atomic E-state index is 13.3. The summed E-state index contributed by atoms with van der Waals surface area (Å²) in [6.07, 6.45) is 7.76. The predicted molar refractivity (Wildman–Crippen MR) is 108 cm³/mol. The number of imidazole rings is 1. The van der Waals surface area contributed by atoms with Crippen LogP contribution in [0, 0.1) is 12.9 Å². The van der Waals surface area contributed by atoms with Gasteiger partial charge in [-0.2, -0.15) is 13.9 Å². The molecule has 0 aliphatic rings. The van der Waals surface area contributed by atoms with Crippen LogP contribution in [0.3, 0.4) is 0 Å². The minimum Gasteiger partial charge on any atom is -0.328 e. The van der Waals surface area contributed by atoms with E-state index in [1.54, 1.807) is 24.5 Å². The lowest BCUT2D eigenvalue weighted by Gasteiger charge is -2.07. The molecule has 0 radical (unpaired) electrons. The second-order valence-electron chi connectivity index (χ2n) is 6.49. The topological polar surface area (TPSA) is 96.7 Å². The summed E-state index contributed by atoms with van der Waals surface area (Å²) in [5, 5.41) is 11.0. The summed E-state index contributed by atoms with van der Waals surface area (Å²) in [5.74, 6) is 0.147. The second-order valence-corrected chi connectivity index (χ2v) is 7.30. The number of pyridine rings is 1. The van der Waals surface area contributed by atoms with E-state index in [0.29, 0.717) is 23.6 Å². The number of rotatable bonds is 5. The van der Waals surface area contributed by atoms with E-state index >= 15 is 0 Å². The molecule has 0 bridgehead atoms. The van der Waals surface area contributed by atoms with E-state index in [9.17, 15) is 4.39 Å². The molecule has 0 aliphatic heterocycles. The molecule has 5 rings (SSSR count). The molecule has 10 heteroatoms. The summed E-state index contributed by atoms with van der Waals surface area (Å²) < 4.78 is 19.7. The fraction of sp³-hybridized carbons (Fsp3) is 0.105. The number of nitrogens with zero attached hydrogens (tertiary/aromatic N) is 6. The molecule has 0 saturated heterocycles. The standard InChI is InChI=1S/C19H15FN8S/c1-11-10-28-15(12-7-22-23-8-12)9-21-19(28)18(24-11)26-17-6-14(27-29-17)5-13-3-2-4-16(20)25-13/h2-4,6-10H,5H2,1H3,(H,22,23)(H,24,26). The van der Waals surface area contributed by atoms with Gasteiger partial charge in [-0.15, -0.1) is 0 Å². The van der Waals surface area contributed by atoms with Crippen molar-refractivity contribution < 1.29 is 4.39 Å². The minimum absolute atomic E-state index is 0.459. The lowest BCUT2D eigenvalue weighted by molar-refractivity contribution is 0.578. The molecular weight excluding hydrogens is 391 g/mol. The quantitative estimate of drug-likeness (QED) is 0.432. The zero-order valence-electron chi connectivity index (χ0n) is 15.3. The van der Waals surface area contributed by atoms with Gasteiger partial charge in [-0.3, -0.25) is 9.50 Å². The Bertz CT molecular complexity index is 1290. The van der Waals surface area contributed by atoms with Crippen LogP contribution in [-0.4, -0.2) is 33.9 Å². The van der Waals surface area contributed by atoms with Crippen LogP contribution >= 0.6 is 11.5 Å². The van der Waals surface area contributed by atoms with E-state index in [1.165, 1.54) is 17.6 Å². The lowest BCUT2D eigenvalue weighted by atomic mass is 10.2. The predicted octanol–water partition coefficient (Wildman–Crippen LogP) is 3.75. The molecule has 0 amide bonds. The van der Waals surface area contributed by atoms with Crippen LogP contribution in [0.4, 0.5) is 15.2 Å². The van der Waals surface area contributed by atoms with Crippen molar-refractivity contribution >= 4 is 28.0 Å². The maximum absolute atomic E-state index is 13.3. The van der Waals surface area contributed by atoms with Crippen molar-refractivity contribution in [2.45, 2.75) is 13.3 Å². The Labute approximate surface area is 168 Å². The van der Waals surface area contributed by atoms with Crippen LogP contribution in [0.5, 0.6) is 0 Å². The molecule has 2 N–H and O–H groups in total. The van der Waals surface area contributed by atoms with Gasteiger partial charge in [0, 0.05) is 30.1 Å². The number of hydrogen-bond donors (Lipinski definition) is 2. The first-order chi connectivity index (χ1) is 14.2. The van der Waals surface area contributed by atoms with Crippen molar-refractivity contribution in [3.8, 4) is 11.3 Å². The van der Waals surface area contributed by atoms with Gasteiger partial charge >= 0.3 is 0 Å². The Morgan fingerprint density at radius 2 is 2.14 bits per heavy atom. The molecular formula is C19H15FN8S. The Balaban J connectivity index is 1.44. The van der Waals surface area contributed by atoms with Crippen molar-refractivity contribution in [1.29, 1.82) is 0 Å². The van der Waals surface area contributed by atoms with Crippen LogP contribution in [0.25, 0.3) is 16.9 Å². The van der Waals surface area contributed by atoms with E-state index in [4.69, 9.17) is 0 Å². The van der Waals surface area contributed by atoms with E-state index in [0.717, 1.165) is 27.6 Å². The number of H-pyrrole nitrogens is 1. The van der Waals surface area contributed by atoms with Gasteiger partial charge in [0.25, 0.3) is 0 Å². The summed E-state index contributed by atoms with van der Waals surface area (Å²) in [5.41, 5.74) is 4.85. The van der Waals surface area contributed by atoms with Crippen molar-refractivity contribution in [3.05, 3.63) is 72.1 Å². The van der Waals surface area contributed by atoms with E-state index < -0.39 is 5.95 Å². The number of aromatic nitrogens is 7. The third-order valence-electron chi connectivity index (χ3n) is 4.34.